The first-order valence-electron chi connectivity index (χ1n) is 5.26. The summed E-state index contributed by atoms with van der Waals surface area (Å²) in [7, 11) is 1.82. The van der Waals surface area contributed by atoms with Crippen LogP contribution in [0.1, 0.15) is 33.6 Å². The Kier molecular flexibility index (Phi) is 3.74. The average molecular weight is 185 g/mol. The number of ether oxygens (including phenoxy) is 1. The maximum absolute atomic E-state index is 5.39. The number of piperidine rings is 1. The highest BCUT2D eigenvalue weighted by Crippen LogP contribution is 2.19. The summed E-state index contributed by atoms with van der Waals surface area (Å²) in [6, 6.07) is 0. The first-order chi connectivity index (χ1) is 6.01. The number of hydrogen-bond acceptors (Lipinski definition) is 2. The molecule has 0 aromatic carbocycles. The van der Waals surface area contributed by atoms with Crippen LogP contribution in [0.25, 0.3) is 0 Å². The van der Waals surface area contributed by atoms with Gasteiger partial charge in [-0.25, -0.2) is 0 Å². The Bertz CT molecular complexity index is 151. The lowest BCUT2D eigenvalue weighted by Gasteiger charge is -2.35. The molecule has 0 aliphatic carbocycles. The quantitative estimate of drug-likeness (QED) is 0.653. The molecule has 13 heavy (non-hydrogen) atoms. The molecule has 78 valence electrons. The van der Waals surface area contributed by atoms with Gasteiger partial charge in [0.05, 0.1) is 6.10 Å². The van der Waals surface area contributed by atoms with Crippen LogP contribution in [-0.2, 0) is 4.74 Å². The molecule has 0 bridgehead atoms. The smallest absolute Gasteiger partial charge is 0.0698 e. The lowest BCUT2D eigenvalue weighted by atomic mass is 9.94. The van der Waals surface area contributed by atoms with Crippen LogP contribution >= 0.6 is 0 Å². The highest BCUT2D eigenvalue weighted by atomic mass is 16.5. The van der Waals surface area contributed by atoms with Crippen LogP contribution in [0.3, 0.4) is 0 Å². The van der Waals surface area contributed by atoms with Crippen LogP contribution in [-0.4, -0.2) is 37.7 Å². The van der Waals surface area contributed by atoms with E-state index in [-0.39, 0.29) is 0 Å². The van der Waals surface area contributed by atoms with E-state index in [1.807, 2.05) is 7.11 Å². The Morgan fingerprint density at radius 3 is 2.62 bits per heavy atom. The molecule has 0 aromatic rings. The van der Waals surface area contributed by atoms with Gasteiger partial charge in [-0.15, -0.1) is 0 Å². The molecule has 1 saturated heterocycles. The lowest BCUT2D eigenvalue weighted by molar-refractivity contribution is 0.0203. The zero-order valence-electron chi connectivity index (χ0n) is 9.47. The molecule has 1 unspecified atom stereocenters. The zero-order chi connectivity index (χ0) is 9.90. The molecule has 1 aliphatic heterocycles. The fourth-order valence-electron chi connectivity index (χ4n) is 2.02. The molecular formula is C11H23NO. The third-order valence-electron chi connectivity index (χ3n) is 2.49. The van der Waals surface area contributed by atoms with Gasteiger partial charge in [0.15, 0.2) is 0 Å². The van der Waals surface area contributed by atoms with Crippen molar-refractivity contribution in [3.63, 3.8) is 0 Å². The van der Waals surface area contributed by atoms with Gasteiger partial charge in [-0.05, 0) is 24.8 Å². The zero-order valence-corrected chi connectivity index (χ0v) is 9.47. The predicted octanol–water partition coefficient (Wildman–Crippen LogP) is 2.14. The van der Waals surface area contributed by atoms with E-state index in [1.54, 1.807) is 0 Å². The van der Waals surface area contributed by atoms with Gasteiger partial charge in [0.1, 0.15) is 0 Å². The minimum absolute atomic E-state index is 0.412. The summed E-state index contributed by atoms with van der Waals surface area (Å²) in [5, 5.41) is 0. The number of nitrogens with zero attached hydrogens (tertiary/aromatic N) is 1. The van der Waals surface area contributed by atoms with Crippen LogP contribution in [0.4, 0.5) is 0 Å². The summed E-state index contributed by atoms with van der Waals surface area (Å²) in [5.74, 6) is 0. The lowest BCUT2D eigenvalue weighted by Crippen LogP contribution is -2.43. The van der Waals surface area contributed by atoms with E-state index >= 15 is 0 Å². The average Bonchev–Trinajstić information content (AvgIpc) is 2.01. The maximum Gasteiger partial charge on any atom is 0.0698 e. The van der Waals surface area contributed by atoms with E-state index < -0.39 is 0 Å². The third kappa shape index (κ3) is 4.10. The van der Waals surface area contributed by atoms with Crippen molar-refractivity contribution in [3.8, 4) is 0 Å². The summed E-state index contributed by atoms with van der Waals surface area (Å²) in [6.45, 7) is 10.4. The number of hydrogen-bond donors (Lipinski definition) is 0. The molecule has 0 N–H and O–H groups in total. The number of likely N-dealkylation sites (tertiary alicyclic amines) is 1. The van der Waals surface area contributed by atoms with Crippen molar-refractivity contribution in [2.75, 3.05) is 26.7 Å². The first kappa shape index (κ1) is 11.0. The molecule has 0 aromatic heterocycles. The van der Waals surface area contributed by atoms with Crippen molar-refractivity contribution in [2.24, 2.45) is 5.41 Å². The van der Waals surface area contributed by atoms with E-state index in [4.69, 9.17) is 4.74 Å². The second-order valence-electron chi connectivity index (χ2n) is 5.30. The fraction of sp³-hybridized carbons (Fsp3) is 1.00. The predicted molar refractivity (Wildman–Crippen MR) is 55.9 cm³/mol. The Labute approximate surface area is 82.3 Å². The van der Waals surface area contributed by atoms with E-state index in [1.165, 1.54) is 25.9 Å². The molecule has 1 atom stereocenters. The summed E-state index contributed by atoms with van der Waals surface area (Å²) >= 11 is 0. The van der Waals surface area contributed by atoms with Gasteiger partial charge < -0.3 is 9.64 Å². The third-order valence-corrected chi connectivity index (χ3v) is 2.49. The summed E-state index contributed by atoms with van der Waals surface area (Å²) < 4.78 is 5.39. The highest BCUT2D eigenvalue weighted by molar-refractivity contribution is 4.76. The standard InChI is InChI=1S/C11H23NO/c1-11(2,3)9-12-7-5-6-10(8-12)13-4/h10H,5-9H2,1-4H3. The maximum atomic E-state index is 5.39. The van der Waals surface area contributed by atoms with E-state index in [2.05, 4.69) is 25.7 Å². The van der Waals surface area contributed by atoms with Crippen LogP contribution < -0.4 is 0 Å². The van der Waals surface area contributed by atoms with E-state index in [9.17, 15) is 0 Å². The largest absolute Gasteiger partial charge is 0.380 e. The molecule has 1 aliphatic rings. The monoisotopic (exact) mass is 185 g/mol. The van der Waals surface area contributed by atoms with Crippen LogP contribution in [0.2, 0.25) is 0 Å². The van der Waals surface area contributed by atoms with E-state index in [0.29, 0.717) is 11.5 Å². The highest BCUT2D eigenvalue weighted by Gasteiger charge is 2.23. The molecule has 1 heterocycles. The van der Waals surface area contributed by atoms with Gasteiger partial charge in [0.25, 0.3) is 0 Å². The normalized spacial score (nSPS) is 26.3. The molecule has 0 amide bonds. The Hall–Kier alpha value is -0.0800. The van der Waals surface area contributed by atoms with Crippen molar-refractivity contribution < 1.29 is 4.74 Å². The van der Waals surface area contributed by atoms with Crippen molar-refractivity contribution in [2.45, 2.75) is 39.7 Å². The van der Waals surface area contributed by atoms with Gasteiger partial charge in [-0.1, -0.05) is 20.8 Å². The van der Waals surface area contributed by atoms with Gasteiger partial charge in [0.2, 0.25) is 0 Å². The summed E-state index contributed by atoms with van der Waals surface area (Å²) in [5.41, 5.74) is 0.412. The molecular weight excluding hydrogens is 162 g/mol. The van der Waals surface area contributed by atoms with Crippen molar-refractivity contribution in [1.29, 1.82) is 0 Å². The topological polar surface area (TPSA) is 12.5 Å². The molecule has 0 spiro atoms. The first-order valence-corrected chi connectivity index (χ1v) is 5.26. The van der Waals surface area contributed by atoms with Crippen molar-refractivity contribution in [1.82, 2.24) is 4.90 Å². The number of rotatable bonds is 2. The van der Waals surface area contributed by atoms with Gasteiger partial charge in [-0.2, -0.15) is 0 Å². The van der Waals surface area contributed by atoms with Crippen LogP contribution in [0.15, 0.2) is 0 Å². The van der Waals surface area contributed by atoms with Gasteiger partial charge in [0, 0.05) is 20.2 Å². The van der Waals surface area contributed by atoms with Crippen molar-refractivity contribution in [3.05, 3.63) is 0 Å². The summed E-state index contributed by atoms with van der Waals surface area (Å²) in [4.78, 5) is 2.53. The molecule has 0 radical (unpaired) electrons. The minimum Gasteiger partial charge on any atom is -0.380 e. The molecule has 2 heteroatoms. The minimum atomic E-state index is 0.412. The second-order valence-corrected chi connectivity index (χ2v) is 5.30. The molecule has 1 rings (SSSR count). The Morgan fingerprint density at radius 2 is 2.08 bits per heavy atom. The SMILES string of the molecule is COC1CCCN(CC(C)(C)C)C1. The molecule has 0 saturated carbocycles. The fourth-order valence-corrected chi connectivity index (χ4v) is 2.02. The summed E-state index contributed by atoms with van der Waals surface area (Å²) in [6.07, 6.45) is 2.99. The second kappa shape index (κ2) is 4.43. The molecule has 1 fully saturated rings. The Balaban J connectivity index is 2.34. The Morgan fingerprint density at radius 1 is 1.38 bits per heavy atom. The van der Waals surface area contributed by atoms with Crippen molar-refractivity contribution >= 4 is 0 Å². The van der Waals surface area contributed by atoms with Gasteiger partial charge >= 0.3 is 0 Å². The van der Waals surface area contributed by atoms with Crippen LogP contribution in [0, 0.1) is 5.41 Å². The number of methoxy groups -OCH3 is 1. The van der Waals surface area contributed by atoms with Crippen LogP contribution in [0.5, 0.6) is 0 Å². The van der Waals surface area contributed by atoms with E-state index in [0.717, 1.165) is 6.54 Å². The van der Waals surface area contributed by atoms with Gasteiger partial charge in [-0.3, -0.25) is 0 Å². The molecule has 2 nitrogen and oxygen atoms in total.